The van der Waals surface area contributed by atoms with Gasteiger partial charge in [0.15, 0.2) is 5.78 Å². The third-order valence-corrected chi connectivity index (χ3v) is 11.5. The van der Waals surface area contributed by atoms with E-state index in [2.05, 4.69) is 15.4 Å². The summed E-state index contributed by atoms with van der Waals surface area (Å²) in [7, 11) is -3.94. The van der Waals surface area contributed by atoms with Gasteiger partial charge in [-0.05, 0) is 77.5 Å². The van der Waals surface area contributed by atoms with E-state index in [0.717, 1.165) is 4.90 Å². The Labute approximate surface area is 308 Å². The minimum atomic E-state index is -3.94. The Balaban J connectivity index is 1.40. The van der Waals surface area contributed by atoms with Gasteiger partial charge in [0.2, 0.25) is 21.8 Å². The fourth-order valence-electron chi connectivity index (χ4n) is 6.83. The Hall–Kier alpha value is -4.54. The zero-order valence-electron chi connectivity index (χ0n) is 30.8. The predicted octanol–water partition coefficient (Wildman–Crippen LogP) is 2.96. The van der Waals surface area contributed by atoms with Crippen LogP contribution < -0.4 is 15.4 Å². The highest BCUT2D eigenvalue weighted by Crippen LogP contribution is 2.47. The monoisotopic (exact) mass is 761 g/mol. The molecule has 2 unspecified atom stereocenters. The largest absolute Gasteiger partial charge is 0.444 e. The van der Waals surface area contributed by atoms with Crippen molar-refractivity contribution in [3.05, 3.63) is 46.8 Å². The summed E-state index contributed by atoms with van der Waals surface area (Å²) in [6.07, 6.45) is -0.817. The van der Waals surface area contributed by atoms with Gasteiger partial charge in [-0.1, -0.05) is 31.1 Å². The molecule has 4 aliphatic rings. The summed E-state index contributed by atoms with van der Waals surface area (Å²) in [6.45, 7) is 9.73. The Morgan fingerprint density at radius 1 is 1.09 bits per heavy atom. The van der Waals surface area contributed by atoms with Crippen LogP contribution in [0.1, 0.15) is 91.2 Å². The molecule has 0 radical (unpaired) electrons. The maximum absolute atomic E-state index is 14.4. The predicted molar refractivity (Wildman–Crippen MR) is 188 cm³/mol. The molecule has 2 saturated carbocycles. The number of carbonyl (C=O) groups excluding carboxylic acids is 6. The highest BCUT2D eigenvalue weighted by Gasteiger charge is 2.62. The number of nitrogens with one attached hydrogen (secondary N) is 3. The van der Waals surface area contributed by atoms with Crippen LogP contribution in [0.4, 0.5) is 14.0 Å². The molecular formula is C36H48FN5O10S. The van der Waals surface area contributed by atoms with E-state index >= 15 is 0 Å². The molecule has 1 aromatic carbocycles. The van der Waals surface area contributed by atoms with Crippen molar-refractivity contribution < 1.29 is 51.0 Å². The number of rotatable bonds is 12. The number of fused-ring (bicyclic) bond motifs is 1. The Morgan fingerprint density at radius 2 is 1.79 bits per heavy atom. The average Bonchev–Trinajstić information content (AvgIpc) is 3.93. The normalized spacial score (nSPS) is 24.0. The van der Waals surface area contributed by atoms with E-state index in [9.17, 15) is 41.6 Å². The van der Waals surface area contributed by atoms with E-state index in [0.29, 0.717) is 36.0 Å². The molecular weight excluding hydrogens is 713 g/mol. The standard InChI is InChI=1S/C36H48FN5O10S/c1-7-22-16-36(22,32(46)40-53(49,50)25-11-12-25)39-30(44)29-15-24(51-34(48)41-17-21-9-8-10-27(37)26(21)19-41)18-42(29)31(45)28(14-23(43)13-20(2)3)38-33(47)52-35(4,5)6/h8-10,13,22,24-25,28-29H,7,11-12,14-19H2,1-6H3,(H,38,47)(H,39,44)(H,40,46)/t22?,24-,28+,29+,36?/m1/s1. The van der Waals surface area contributed by atoms with Crippen LogP contribution in [0.25, 0.3) is 0 Å². The highest BCUT2D eigenvalue weighted by atomic mass is 32.2. The topological polar surface area (TPSA) is 198 Å². The van der Waals surface area contributed by atoms with Gasteiger partial charge in [0, 0.05) is 24.9 Å². The molecule has 5 atom stereocenters. The Kier molecular flexibility index (Phi) is 11.3. The molecule has 1 saturated heterocycles. The second kappa shape index (κ2) is 15.1. The number of amides is 5. The van der Waals surface area contributed by atoms with Crippen molar-refractivity contribution in [3.63, 3.8) is 0 Å². The van der Waals surface area contributed by atoms with Crippen LogP contribution >= 0.6 is 0 Å². The number of nitrogens with zero attached hydrogens (tertiary/aromatic N) is 2. The SMILES string of the molecule is CCC1CC1(NC(=O)[C@@H]1C[C@@H](OC(=O)N2Cc3cccc(F)c3C2)CN1C(=O)[C@H](CC(=O)C=C(C)C)NC(=O)OC(C)(C)C)C(=O)NS(=O)(=O)C1CC1. The van der Waals surface area contributed by atoms with Gasteiger partial charge in [-0.2, -0.15) is 0 Å². The number of likely N-dealkylation sites (tertiary alicyclic amines) is 1. The third kappa shape index (κ3) is 9.34. The fourth-order valence-corrected chi connectivity index (χ4v) is 8.19. The molecule has 2 heterocycles. The van der Waals surface area contributed by atoms with Crippen LogP contribution in [0.2, 0.25) is 0 Å². The summed E-state index contributed by atoms with van der Waals surface area (Å²) >= 11 is 0. The first-order valence-corrected chi connectivity index (χ1v) is 19.3. The van der Waals surface area contributed by atoms with Crippen LogP contribution in [0.15, 0.2) is 29.8 Å². The number of benzene rings is 1. The first-order valence-electron chi connectivity index (χ1n) is 17.8. The van der Waals surface area contributed by atoms with Crippen molar-refractivity contribution in [1.82, 2.24) is 25.2 Å². The number of ketones is 1. The van der Waals surface area contributed by atoms with Gasteiger partial charge >= 0.3 is 12.2 Å². The molecule has 53 heavy (non-hydrogen) atoms. The number of halogens is 1. The molecule has 290 valence electrons. The van der Waals surface area contributed by atoms with E-state index in [1.807, 2.05) is 0 Å². The summed E-state index contributed by atoms with van der Waals surface area (Å²) < 4.78 is 53.0. The van der Waals surface area contributed by atoms with Crippen LogP contribution in [-0.4, -0.2) is 95.0 Å². The Morgan fingerprint density at radius 3 is 2.38 bits per heavy atom. The third-order valence-electron chi connectivity index (χ3n) is 9.69. The summed E-state index contributed by atoms with van der Waals surface area (Å²) in [5.74, 6) is -3.87. The first-order chi connectivity index (χ1) is 24.7. The molecule has 5 rings (SSSR count). The molecule has 2 aliphatic heterocycles. The smallest absolute Gasteiger partial charge is 0.410 e. The van der Waals surface area contributed by atoms with Crippen molar-refractivity contribution in [3.8, 4) is 0 Å². The van der Waals surface area contributed by atoms with E-state index in [1.165, 1.54) is 23.1 Å². The number of ether oxygens (including phenoxy) is 2. The number of hydrogen-bond donors (Lipinski definition) is 3. The molecule has 15 nitrogen and oxygen atoms in total. The number of sulfonamides is 1. The summed E-state index contributed by atoms with van der Waals surface area (Å²) in [4.78, 5) is 83.4. The fraction of sp³-hybridized carbons (Fsp3) is 0.611. The summed E-state index contributed by atoms with van der Waals surface area (Å²) in [6, 6.07) is 1.66. The molecule has 0 spiro atoms. The molecule has 1 aromatic rings. The second-order valence-electron chi connectivity index (χ2n) is 15.5. The minimum Gasteiger partial charge on any atom is -0.444 e. The number of allylic oxidation sites excluding steroid dienone is 2. The van der Waals surface area contributed by atoms with Crippen LogP contribution in [0.3, 0.4) is 0 Å². The minimum absolute atomic E-state index is 0.0473. The maximum atomic E-state index is 14.4. The number of carbonyl (C=O) groups is 6. The van der Waals surface area contributed by atoms with Gasteiger partial charge in [-0.15, -0.1) is 0 Å². The van der Waals surface area contributed by atoms with Gasteiger partial charge < -0.3 is 25.0 Å². The number of alkyl carbamates (subject to hydrolysis) is 1. The van der Waals surface area contributed by atoms with Gasteiger partial charge in [-0.25, -0.2) is 22.4 Å². The van der Waals surface area contributed by atoms with Crippen molar-refractivity contribution in [2.24, 2.45) is 5.92 Å². The van der Waals surface area contributed by atoms with Crippen LogP contribution in [0, 0.1) is 11.7 Å². The van der Waals surface area contributed by atoms with Gasteiger partial charge in [0.05, 0.1) is 18.3 Å². The number of hydrogen-bond acceptors (Lipinski definition) is 10. The van der Waals surface area contributed by atoms with Gasteiger partial charge in [0.1, 0.15) is 35.1 Å². The summed E-state index contributed by atoms with van der Waals surface area (Å²) in [5, 5.41) is 4.48. The lowest BCUT2D eigenvalue weighted by Gasteiger charge is -2.30. The van der Waals surface area contributed by atoms with Crippen molar-refractivity contribution in [2.75, 3.05) is 6.54 Å². The first kappa shape index (κ1) is 39.7. The van der Waals surface area contributed by atoms with E-state index < -0.39 is 92.5 Å². The average molecular weight is 762 g/mol. The molecule has 3 N–H and O–H groups in total. The zero-order chi connectivity index (χ0) is 39.0. The highest BCUT2D eigenvalue weighted by molar-refractivity contribution is 7.91. The van der Waals surface area contributed by atoms with Gasteiger partial charge in [0.25, 0.3) is 5.91 Å². The maximum Gasteiger partial charge on any atom is 0.410 e. The Bertz CT molecular complexity index is 1820. The van der Waals surface area contributed by atoms with Crippen molar-refractivity contribution in [1.29, 1.82) is 0 Å². The lowest BCUT2D eigenvalue weighted by molar-refractivity contribution is -0.141. The lowest BCUT2D eigenvalue weighted by Crippen LogP contribution is -2.58. The quantitative estimate of drug-likeness (QED) is 0.266. The van der Waals surface area contributed by atoms with E-state index in [1.54, 1.807) is 47.6 Å². The lowest BCUT2D eigenvalue weighted by atomic mass is 10.1. The van der Waals surface area contributed by atoms with E-state index in [-0.39, 0.29) is 38.4 Å². The molecule has 5 amide bonds. The molecule has 3 fully saturated rings. The molecule has 0 bridgehead atoms. The van der Waals surface area contributed by atoms with Gasteiger partial charge in [-0.3, -0.25) is 28.8 Å². The van der Waals surface area contributed by atoms with E-state index in [4.69, 9.17) is 9.47 Å². The van der Waals surface area contributed by atoms with Crippen LogP contribution in [-0.2, 0) is 51.8 Å². The second-order valence-corrected chi connectivity index (χ2v) is 17.5. The molecule has 2 aliphatic carbocycles. The molecule has 0 aromatic heterocycles. The molecule has 17 heteroatoms. The van der Waals surface area contributed by atoms with Crippen LogP contribution in [0.5, 0.6) is 0 Å². The van der Waals surface area contributed by atoms with Crippen molar-refractivity contribution in [2.45, 2.75) is 128 Å². The summed E-state index contributed by atoms with van der Waals surface area (Å²) in [5.41, 5.74) is -0.895. The zero-order valence-corrected chi connectivity index (χ0v) is 31.6. The van der Waals surface area contributed by atoms with Crippen molar-refractivity contribution >= 4 is 45.7 Å².